The Kier molecular flexibility index (Phi) is 5.89. The summed E-state index contributed by atoms with van der Waals surface area (Å²) in [7, 11) is 0. The third kappa shape index (κ3) is 4.15. The maximum absolute atomic E-state index is 6.62. The molecule has 0 bridgehead atoms. The minimum Gasteiger partial charge on any atom is -0.452 e. The number of benzene rings is 7. The largest absolute Gasteiger partial charge is 0.452 e. The molecule has 5 nitrogen and oxygen atoms in total. The summed E-state index contributed by atoms with van der Waals surface area (Å²) in [5.41, 5.74) is 11.9. The highest BCUT2D eigenvalue weighted by Crippen LogP contribution is 2.40. The van der Waals surface area contributed by atoms with Crippen molar-refractivity contribution in [1.82, 2.24) is 19.1 Å². The molecule has 0 saturated carbocycles. The molecule has 0 radical (unpaired) electrons. The van der Waals surface area contributed by atoms with Crippen molar-refractivity contribution in [3.05, 3.63) is 170 Å². The molecule has 0 aliphatic heterocycles. The predicted octanol–water partition coefficient (Wildman–Crippen LogP) is 11.9. The van der Waals surface area contributed by atoms with E-state index < -0.39 is 0 Å². The minimum absolute atomic E-state index is 0.613. The number of hydrogen-bond acceptors (Lipinski definition) is 3. The van der Waals surface area contributed by atoms with E-state index in [1.807, 2.05) is 18.2 Å². The Balaban J connectivity index is 1.16. The molecule has 0 N–H and O–H groups in total. The van der Waals surface area contributed by atoms with Gasteiger partial charge in [0, 0.05) is 38.2 Å². The van der Waals surface area contributed by atoms with Crippen molar-refractivity contribution in [2.45, 2.75) is 0 Å². The van der Waals surface area contributed by atoms with Gasteiger partial charge >= 0.3 is 0 Å². The molecule has 5 heteroatoms. The Morgan fingerprint density at radius 3 is 1.61 bits per heavy atom. The van der Waals surface area contributed by atoms with E-state index in [1.165, 1.54) is 32.6 Å². The number of rotatable bonds is 4. The third-order valence-corrected chi connectivity index (χ3v) is 10.1. The lowest BCUT2D eigenvalue weighted by Gasteiger charge is -2.09. The SMILES string of the molecule is c1ccc(-c2nc(-n3c4ccccc4c4ccccc43)nc3c2oc2ccc(-c4ccc5c(c4)c4ccccc4n5-c4ccccc4)cc23)cc1. The standard InChI is InChI=1S/C46H28N4O/c1-3-13-29(14-4-1)43-45-44(48-46(47-43)50-39-21-11-7-17-33(39)34-18-8-12-22-40(34)50)37-28-31(24-26-42(37)51-45)30-23-25-41-36(27-30)35-19-9-10-20-38(35)49(41)32-15-5-2-6-16-32/h1-28H. The van der Waals surface area contributed by atoms with Crippen molar-refractivity contribution in [1.29, 1.82) is 0 Å². The highest BCUT2D eigenvalue weighted by atomic mass is 16.3. The van der Waals surface area contributed by atoms with Crippen molar-refractivity contribution in [2.75, 3.05) is 0 Å². The van der Waals surface area contributed by atoms with Crippen LogP contribution in [-0.4, -0.2) is 19.1 Å². The van der Waals surface area contributed by atoms with Crippen LogP contribution in [-0.2, 0) is 0 Å². The molecule has 7 aromatic carbocycles. The van der Waals surface area contributed by atoms with E-state index in [4.69, 9.17) is 14.4 Å². The molecule has 0 aliphatic carbocycles. The summed E-state index contributed by atoms with van der Waals surface area (Å²) in [6.45, 7) is 0. The average Bonchev–Trinajstić information content (AvgIpc) is 3.85. The summed E-state index contributed by atoms with van der Waals surface area (Å²) < 4.78 is 11.1. The summed E-state index contributed by atoms with van der Waals surface area (Å²) in [5, 5.41) is 5.73. The first-order valence-electron chi connectivity index (χ1n) is 17.2. The molecule has 238 valence electrons. The Bertz CT molecular complexity index is 3080. The topological polar surface area (TPSA) is 48.8 Å². The van der Waals surface area contributed by atoms with Crippen LogP contribution in [0.25, 0.3) is 99.7 Å². The van der Waals surface area contributed by atoms with Gasteiger partial charge in [0.15, 0.2) is 5.58 Å². The lowest BCUT2D eigenvalue weighted by atomic mass is 10.0. The number of furan rings is 1. The number of hydrogen-bond donors (Lipinski definition) is 0. The quantitative estimate of drug-likeness (QED) is 0.190. The van der Waals surface area contributed by atoms with Crippen molar-refractivity contribution < 1.29 is 4.42 Å². The number of nitrogens with zero attached hydrogens (tertiary/aromatic N) is 4. The van der Waals surface area contributed by atoms with E-state index in [0.29, 0.717) is 11.5 Å². The molecule has 11 rings (SSSR count). The molecular formula is C46H28N4O. The fraction of sp³-hybridized carbons (Fsp3) is 0. The van der Waals surface area contributed by atoms with E-state index in [0.717, 1.165) is 55.6 Å². The second-order valence-corrected chi connectivity index (χ2v) is 13.0. The molecular weight excluding hydrogens is 625 g/mol. The average molecular weight is 653 g/mol. The zero-order valence-electron chi connectivity index (χ0n) is 27.4. The molecule has 0 aliphatic rings. The Morgan fingerprint density at radius 2 is 0.922 bits per heavy atom. The van der Waals surface area contributed by atoms with Crippen LogP contribution in [0.3, 0.4) is 0 Å². The molecule has 51 heavy (non-hydrogen) atoms. The van der Waals surface area contributed by atoms with Crippen LogP contribution in [0, 0.1) is 0 Å². The van der Waals surface area contributed by atoms with Gasteiger partial charge in [-0.05, 0) is 65.7 Å². The van der Waals surface area contributed by atoms with Gasteiger partial charge in [-0.3, -0.25) is 4.57 Å². The first-order valence-corrected chi connectivity index (χ1v) is 17.2. The molecule has 0 spiro atoms. The summed E-state index contributed by atoms with van der Waals surface area (Å²) in [6.07, 6.45) is 0. The van der Waals surface area contributed by atoms with Crippen LogP contribution in [0.5, 0.6) is 0 Å². The molecule has 4 aromatic heterocycles. The minimum atomic E-state index is 0.613. The first kappa shape index (κ1) is 27.9. The molecule has 0 atom stereocenters. The monoisotopic (exact) mass is 652 g/mol. The summed E-state index contributed by atoms with van der Waals surface area (Å²) in [6, 6.07) is 59.6. The molecule has 11 aromatic rings. The van der Waals surface area contributed by atoms with Gasteiger partial charge in [-0.25, -0.2) is 9.97 Å². The highest BCUT2D eigenvalue weighted by Gasteiger charge is 2.21. The fourth-order valence-corrected chi connectivity index (χ4v) is 7.85. The van der Waals surface area contributed by atoms with Crippen LogP contribution in [0.15, 0.2) is 174 Å². The summed E-state index contributed by atoms with van der Waals surface area (Å²) in [4.78, 5) is 10.5. The molecule has 4 heterocycles. The number of para-hydroxylation sites is 4. The van der Waals surface area contributed by atoms with E-state index >= 15 is 0 Å². The predicted molar refractivity (Wildman–Crippen MR) is 209 cm³/mol. The van der Waals surface area contributed by atoms with Gasteiger partial charge < -0.3 is 8.98 Å². The molecule has 0 saturated heterocycles. The zero-order chi connectivity index (χ0) is 33.5. The summed E-state index contributed by atoms with van der Waals surface area (Å²) >= 11 is 0. The van der Waals surface area contributed by atoms with Crippen molar-refractivity contribution in [3.8, 4) is 34.0 Å². The van der Waals surface area contributed by atoms with Gasteiger partial charge in [0.1, 0.15) is 16.8 Å². The van der Waals surface area contributed by atoms with E-state index in [1.54, 1.807) is 0 Å². The van der Waals surface area contributed by atoms with Crippen molar-refractivity contribution >= 4 is 65.7 Å². The second-order valence-electron chi connectivity index (χ2n) is 13.0. The van der Waals surface area contributed by atoms with Crippen LogP contribution in [0.4, 0.5) is 0 Å². The highest BCUT2D eigenvalue weighted by molar-refractivity contribution is 6.12. The molecule has 0 unspecified atom stereocenters. The van der Waals surface area contributed by atoms with Crippen LogP contribution < -0.4 is 0 Å². The van der Waals surface area contributed by atoms with Gasteiger partial charge in [0.25, 0.3) is 0 Å². The maximum atomic E-state index is 6.62. The van der Waals surface area contributed by atoms with Crippen LogP contribution in [0.1, 0.15) is 0 Å². The Hall–Kier alpha value is -6.98. The first-order chi connectivity index (χ1) is 25.3. The maximum Gasteiger partial charge on any atom is 0.236 e. The van der Waals surface area contributed by atoms with Gasteiger partial charge in [-0.15, -0.1) is 0 Å². The Labute approximate surface area is 292 Å². The number of aromatic nitrogens is 4. The smallest absolute Gasteiger partial charge is 0.236 e. The van der Waals surface area contributed by atoms with E-state index in [-0.39, 0.29) is 0 Å². The number of fused-ring (bicyclic) bond motifs is 9. The second kappa shape index (κ2) is 10.8. The third-order valence-electron chi connectivity index (χ3n) is 10.1. The van der Waals surface area contributed by atoms with Gasteiger partial charge in [-0.2, -0.15) is 0 Å². The van der Waals surface area contributed by atoms with Crippen LogP contribution >= 0.6 is 0 Å². The summed E-state index contributed by atoms with van der Waals surface area (Å²) in [5.74, 6) is 0.613. The lowest BCUT2D eigenvalue weighted by molar-refractivity contribution is 0.666. The molecule has 0 amide bonds. The van der Waals surface area contributed by atoms with Crippen molar-refractivity contribution in [3.63, 3.8) is 0 Å². The zero-order valence-corrected chi connectivity index (χ0v) is 27.4. The van der Waals surface area contributed by atoms with Crippen LogP contribution in [0.2, 0.25) is 0 Å². The van der Waals surface area contributed by atoms with E-state index in [9.17, 15) is 0 Å². The van der Waals surface area contributed by atoms with Crippen molar-refractivity contribution in [2.24, 2.45) is 0 Å². The van der Waals surface area contributed by atoms with Gasteiger partial charge in [-0.1, -0.05) is 115 Å². The lowest BCUT2D eigenvalue weighted by Crippen LogP contribution is -2.02. The fourth-order valence-electron chi connectivity index (χ4n) is 7.85. The Morgan fingerprint density at radius 1 is 0.392 bits per heavy atom. The van der Waals surface area contributed by atoms with E-state index in [2.05, 4.69) is 161 Å². The van der Waals surface area contributed by atoms with Gasteiger partial charge in [0.2, 0.25) is 5.95 Å². The normalized spacial score (nSPS) is 11.9. The van der Waals surface area contributed by atoms with Gasteiger partial charge in [0.05, 0.1) is 22.1 Å². The molecule has 0 fully saturated rings.